The molecule has 3 aromatic rings. The van der Waals surface area contributed by atoms with Crippen molar-refractivity contribution in [3.8, 4) is 11.5 Å². The van der Waals surface area contributed by atoms with Crippen LogP contribution in [0.5, 0.6) is 0 Å². The standard InChI is InChI=1S/C18H15N3O3/c1-23-14-8-4-7-13(16(14)22)18-20-17(21-24-18)15-12-6-3-2-5-11(12)9-10-19-15/h2-10,13,16,22H,1H3. The van der Waals surface area contributed by atoms with Crippen molar-refractivity contribution in [2.75, 3.05) is 7.11 Å². The summed E-state index contributed by atoms with van der Waals surface area (Å²) in [6.45, 7) is 0. The van der Waals surface area contributed by atoms with Gasteiger partial charge in [-0.1, -0.05) is 41.6 Å². The molecule has 0 bridgehead atoms. The number of benzene rings is 1. The number of nitrogens with zero attached hydrogens (tertiary/aromatic N) is 3. The molecule has 6 nitrogen and oxygen atoms in total. The number of pyridine rings is 1. The molecule has 2 atom stereocenters. The third kappa shape index (κ3) is 2.37. The van der Waals surface area contributed by atoms with Crippen LogP contribution in [0.25, 0.3) is 22.3 Å². The zero-order chi connectivity index (χ0) is 16.5. The lowest BCUT2D eigenvalue weighted by Crippen LogP contribution is -2.22. The van der Waals surface area contributed by atoms with E-state index in [-0.39, 0.29) is 0 Å². The molecule has 0 saturated carbocycles. The summed E-state index contributed by atoms with van der Waals surface area (Å²) in [5, 5.41) is 16.4. The van der Waals surface area contributed by atoms with E-state index in [0.29, 0.717) is 23.2 Å². The van der Waals surface area contributed by atoms with Gasteiger partial charge in [-0.05, 0) is 17.5 Å². The first-order chi connectivity index (χ1) is 11.8. The Bertz CT molecular complexity index is 940. The van der Waals surface area contributed by atoms with Crippen LogP contribution >= 0.6 is 0 Å². The fraction of sp³-hybridized carbons (Fsp3) is 0.167. The van der Waals surface area contributed by atoms with Crippen LogP contribution in [0.2, 0.25) is 0 Å². The predicted molar refractivity (Wildman–Crippen MR) is 88.0 cm³/mol. The summed E-state index contributed by atoms with van der Waals surface area (Å²) >= 11 is 0. The molecule has 0 saturated heterocycles. The summed E-state index contributed by atoms with van der Waals surface area (Å²) in [6, 6.07) is 9.82. The molecule has 120 valence electrons. The van der Waals surface area contributed by atoms with E-state index in [1.165, 1.54) is 7.11 Å². The van der Waals surface area contributed by atoms with Gasteiger partial charge in [-0.3, -0.25) is 4.98 Å². The Labute approximate surface area is 138 Å². The van der Waals surface area contributed by atoms with Crippen molar-refractivity contribution >= 4 is 10.8 Å². The van der Waals surface area contributed by atoms with E-state index in [1.54, 1.807) is 24.4 Å². The van der Waals surface area contributed by atoms with Gasteiger partial charge in [0.15, 0.2) is 0 Å². The Hall–Kier alpha value is -2.99. The van der Waals surface area contributed by atoms with Gasteiger partial charge in [0, 0.05) is 11.6 Å². The zero-order valence-corrected chi connectivity index (χ0v) is 13.0. The highest BCUT2D eigenvalue weighted by atomic mass is 16.5. The minimum absolute atomic E-state index is 0.325. The monoisotopic (exact) mass is 321 g/mol. The third-order valence-electron chi connectivity index (χ3n) is 4.06. The number of rotatable bonds is 3. The SMILES string of the molecule is COC1=CC=CC(c2nc(-c3nccc4ccccc34)no2)C1O. The Morgan fingerprint density at radius 1 is 1.21 bits per heavy atom. The highest BCUT2D eigenvalue weighted by Gasteiger charge is 2.30. The molecule has 0 amide bonds. The van der Waals surface area contributed by atoms with Crippen LogP contribution in [0.4, 0.5) is 0 Å². The molecule has 0 spiro atoms. The Morgan fingerprint density at radius 3 is 2.96 bits per heavy atom. The summed E-state index contributed by atoms with van der Waals surface area (Å²) in [6.07, 6.45) is 6.19. The number of methoxy groups -OCH3 is 1. The fourth-order valence-corrected chi connectivity index (χ4v) is 2.82. The first kappa shape index (κ1) is 14.6. The van der Waals surface area contributed by atoms with E-state index < -0.39 is 12.0 Å². The molecule has 1 aliphatic rings. The smallest absolute Gasteiger partial charge is 0.237 e. The van der Waals surface area contributed by atoms with Crippen LogP contribution < -0.4 is 0 Å². The van der Waals surface area contributed by atoms with E-state index in [4.69, 9.17) is 9.26 Å². The summed E-state index contributed by atoms with van der Waals surface area (Å²) in [5.74, 6) is 0.744. The fourth-order valence-electron chi connectivity index (χ4n) is 2.82. The van der Waals surface area contributed by atoms with E-state index in [9.17, 15) is 5.11 Å². The molecule has 2 unspecified atom stereocenters. The van der Waals surface area contributed by atoms with Gasteiger partial charge < -0.3 is 14.4 Å². The predicted octanol–water partition coefficient (Wildman–Crippen LogP) is 2.83. The molecule has 1 N–H and O–H groups in total. The Morgan fingerprint density at radius 2 is 2.08 bits per heavy atom. The van der Waals surface area contributed by atoms with Gasteiger partial charge >= 0.3 is 0 Å². The number of aliphatic hydroxyl groups excluding tert-OH is 1. The number of ether oxygens (including phenoxy) is 1. The minimum atomic E-state index is -0.853. The van der Waals surface area contributed by atoms with Crippen molar-refractivity contribution in [3.63, 3.8) is 0 Å². The largest absolute Gasteiger partial charge is 0.498 e. The topological polar surface area (TPSA) is 81.3 Å². The van der Waals surface area contributed by atoms with Crippen LogP contribution in [0.1, 0.15) is 11.8 Å². The number of aliphatic hydroxyl groups is 1. The van der Waals surface area contributed by atoms with Crippen LogP contribution in [-0.4, -0.2) is 33.4 Å². The van der Waals surface area contributed by atoms with Gasteiger partial charge in [0.2, 0.25) is 11.7 Å². The number of allylic oxidation sites excluding steroid dienone is 2. The maximum atomic E-state index is 10.3. The number of hydrogen-bond donors (Lipinski definition) is 1. The lowest BCUT2D eigenvalue weighted by molar-refractivity contribution is 0.106. The molecule has 0 fully saturated rings. The number of fused-ring (bicyclic) bond motifs is 1. The highest BCUT2D eigenvalue weighted by molar-refractivity contribution is 5.92. The second-order valence-corrected chi connectivity index (χ2v) is 5.47. The minimum Gasteiger partial charge on any atom is -0.498 e. The van der Waals surface area contributed by atoms with Crippen molar-refractivity contribution in [2.24, 2.45) is 0 Å². The lowest BCUT2D eigenvalue weighted by Gasteiger charge is -2.21. The lowest BCUT2D eigenvalue weighted by atomic mass is 9.96. The molecule has 6 heteroatoms. The van der Waals surface area contributed by atoms with Crippen LogP contribution in [-0.2, 0) is 4.74 Å². The summed E-state index contributed by atoms with van der Waals surface area (Å²) in [7, 11) is 1.52. The summed E-state index contributed by atoms with van der Waals surface area (Å²) < 4.78 is 10.5. The molecule has 2 aromatic heterocycles. The van der Waals surface area contributed by atoms with E-state index >= 15 is 0 Å². The molecule has 0 radical (unpaired) electrons. The zero-order valence-electron chi connectivity index (χ0n) is 13.0. The average molecular weight is 321 g/mol. The Kier molecular flexibility index (Phi) is 3.59. The van der Waals surface area contributed by atoms with E-state index in [1.807, 2.05) is 30.3 Å². The van der Waals surface area contributed by atoms with Crippen molar-refractivity contribution in [1.82, 2.24) is 15.1 Å². The molecule has 4 rings (SSSR count). The molecular weight excluding hydrogens is 306 g/mol. The molecule has 2 heterocycles. The van der Waals surface area contributed by atoms with E-state index in [2.05, 4.69) is 15.1 Å². The van der Waals surface area contributed by atoms with Gasteiger partial charge in [-0.15, -0.1) is 0 Å². The van der Waals surface area contributed by atoms with Crippen molar-refractivity contribution in [2.45, 2.75) is 12.0 Å². The first-order valence-electron chi connectivity index (χ1n) is 7.56. The maximum Gasteiger partial charge on any atom is 0.237 e. The van der Waals surface area contributed by atoms with Crippen LogP contribution in [0, 0.1) is 0 Å². The second kappa shape index (κ2) is 5.90. The van der Waals surface area contributed by atoms with Gasteiger partial charge in [0.25, 0.3) is 0 Å². The average Bonchev–Trinajstić information content (AvgIpc) is 3.11. The quantitative estimate of drug-likeness (QED) is 0.799. The van der Waals surface area contributed by atoms with Crippen molar-refractivity contribution < 1.29 is 14.4 Å². The number of aromatic nitrogens is 3. The summed E-state index contributed by atoms with van der Waals surface area (Å²) in [5.41, 5.74) is 0.653. The van der Waals surface area contributed by atoms with Gasteiger partial charge in [-0.25, -0.2) is 0 Å². The van der Waals surface area contributed by atoms with E-state index in [0.717, 1.165) is 10.8 Å². The van der Waals surface area contributed by atoms with Crippen molar-refractivity contribution in [3.05, 3.63) is 66.4 Å². The maximum absolute atomic E-state index is 10.3. The van der Waals surface area contributed by atoms with Crippen LogP contribution in [0.15, 0.2) is 65.0 Å². The van der Waals surface area contributed by atoms with Crippen LogP contribution in [0.3, 0.4) is 0 Å². The first-order valence-corrected chi connectivity index (χ1v) is 7.56. The second-order valence-electron chi connectivity index (χ2n) is 5.47. The van der Waals surface area contributed by atoms with Gasteiger partial charge in [-0.2, -0.15) is 4.98 Å². The Balaban J connectivity index is 1.73. The summed E-state index contributed by atoms with van der Waals surface area (Å²) in [4.78, 5) is 8.82. The molecule has 24 heavy (non-hydrogen) atoms. The number of hydrogen-bond acceptors (Lipinski definition) is 6. The molecule has 1 aliphatic carbocycles. The third-order valence-corrected chi connectivity index (χ3v) is 4.06. The molecule has 0 aliphatic heterocycles. The molecule has 1 aromatic carbocycles. The molecular formula is C18H15N3O3. The highest BCUT2D eigenvalue weighted by Crippen LogP contribution is 2.30. The normalized spacial score (nSPS) is 20.2. The van der Waals surface area contributed by atoms with Gasteiger partial charge in [0.1, 0.15) is 17.6 Å². The van der Waals surface area contributed by atoms with Gasteiger partial charge in [0.05, 0.1) is 13.0 Å². The van der Waals surface area contributed by atoms with Crippen molar-refractivity contribution in [1.29, 1.82) is 0 Å².